The number of benzene rings is 1. The lowest BCUT2D eigenvalue weighted by Crippen LogP contribution is -2.46. The van der Waals surface area contributed by atoms with Crippen molar-refractivity contribution in [3.63, 3.8) is 0 Å². The molecule has 3 aliphatic rings. The number of hydrogen-bond acceptors (Lipinski definition) is 6. The van der Waals surface area contributed by atoms with E-state index in [4.69, 9.17) is 14.2 Å². The van der Waals surface area contributed by atoms with Crippen molar-refractivity contribution in [3.8, 4) is 5.75 Å². The summed E-state index contributed by atoms with van der Waals surface area (Å²) in [7, 11) is 1.35. The van der Waals surface area contributed by atoms with Gasteiger partial charge in [0.05, 0.1) is 26.2 Å². The second kappa shape index (κ2) is 7.48. The summed E-state index contributed by atoms with van der Waals surface area (Å²) in [5, 5.41) is 12.7. The average Bonchev–Trinajstić information content (AvgIpc) is 2.97. The summed E-state index contributed by atoms with van der Waals surface area (Å²) in [5.41, 5.74) is 1.74. The van der Waals surface area contributed by atoms with E-state index in [1.165, 1.54) is 7.11 Å². The number of fused-ring (bicyclic) bond motifs is 3. The van der Waals surface area contributed by atoms with Gasteiger partial charge in [0.25, 0.3) is 0 Å². The molecule has 1 saturated carbocycles. The van der Waals surface area contributed by atoms with Crippen LogP contribution in [0.1, 0.15) is 43.6 Å². The molecule has 0 bridgehead atoms. The van der Waals surface area contributed by atoms with Crippen LogP contribution in [0.25, 0.3) is 0 Å². The Balaban J connectivity index is 1.52. The van der Waals surface area contributed by atoms with E-state index in [0.717, 1.165) is 36.3 Å². The molecule has 0 unspecified atom stereocenters. The topological polar surface area (TPSA) is 94.1 Å². The average molecular weight is 375 g/mol. The summed E-state index contributed by atoms with van der Waals surface area (Å²) in [6, 6.07) is 5.65. The van der Waals surface area contributed by atoms with Gasteiger partial charge >= 0.3 is 5.97 Å². The quantitative estimate of drug-likeness (QED) is 0.765. The van der Waals surface area contributed by atoms with E-state index in [1.807, 2.05) is 18.2 Å². The summed E-state index contributed by atoms with van der Waals surface area (Å²) in [4.78, 5) is 23.9. The summed E-state index contributed by atoms with van der Waals surface area (Å²) in [6.45, 7) is -0.182. The molecule has 1 aliphatic carbocycles. The molecule has 146 valence electrons. The Morgan fingerprint density at radius 2 is 2.15 bits per heavy atom. The number of esters is 1. The largest absolute Gasteiger partial charge is 0.487 e. The molecule has 2 heterocycles. The number of ether oxygens (including phenoxy) is 3. The molecule has 4 rings (SSSR count). The number of aliphatic hydroxyl groups is 1. The van der Waals surface area contributed by atoms with Gasteiger partial charge in [-0.25, -0.2) is 0 Å². The van der Waals surface area contributed by atoms with Gasteiger partial charge in [0.15, 0.2) is 0 Å². The second-order valence-electron chi connectivity index (χ2n) is 7.55. The number of amides is 1. The second-order valence-corrected chi connectivity index (χ2v) is 7.55. The molecule has 0 spiro atoms. The third-order valence-corrected chi connectivity index (χ3v) is 5.86. The zero-order valence-corrected chi connectivity index (χ0v) is 15.3. The molecule has 0 radical (unpaired) electrons. The number of nitrogens with one attached hydrogen (secondary N) is 1. The number of anilines is 1. The fourth-order valence-electron chi connectivity index (χ4n) is 4.15. The molecule has 2 fully saturated rings. The molecule has 2 aliphatic heterocycles. The van der Waals surface area contributed by atoms with Crippen LogP contribution < -0.4 is 10.1 Å². The standard InChI is InChI=1S/C20H25NO6/c1-25-18(23)9-13-8-15-14-7-12(21-20(24)11-3-2-4-11)5-6-16(14)27-19(15)17(10-22)26-13/h5-7,11,13,15,17,19,22H,2-4,8-10H2,1H3,(H,21,24)/t13-,15-,17-,19+/m1/s1. The number of carbonyl (C=O) groups excluding carboxylic acids is 2. The first-order chi connectivity index (χ1) is 13.1. The molecule has 2 N–H and O–H groups in total. The van der Waals surface area contributed by atoms with Crippen molar-refractivity contribution in [2.45, 2.75) is 56.3 Å². The number of carbonyl (C=O) groups is 2. The molecule has 1 amide bonds. The van der Waals surface area contributed by atoms with Crippen molar-refractivity contribution in [1.82, 2.24) is 0 Å². The van der Waals surface area contributed by atoms with E-state index in [-0.39, 0.29) is 48.9 Å². The van der Waals surface area contributed by atoms with Gasteiger partial charge in [-0.05, 0) is 37.5 Å². The lowest BCUT2D eigenvalue weighted by Gasteiger charge is -2.36. The van der Waals surface area contributed by atoms with Crippen molar-refractivity contribution in [2.75, 3.05) is 19.0 Å². The number of methoxy groups -OCH3 is 1. The van der Waals surface area contributed by atoms with Crippen LogP contribution in [-0.4, -0.2) is 49.0 Å². The van der Waals surface area contributed by atoms with Crippen molar-refractivity contribution < 1.29 is 28.9 Å². The van der Waals surface area contributed by atoms with Crippen LogP contribution in [0.15, 0.2) is 18.2 Å². The van der Waals surface area contributed by atoms with E-state index in [9.17, 15) is 14.7 Å². The molecular formula is C20H25NO6. The Morgan fingerprint density at radius 3 is 2.81 bits per heavy atom. The van der Waals surface area contributed by atoms with Gasteiger partial charge in [0, 0.05) is 23.1 Å². The summed E-state index contributed by atoms with van der Waals surface area (Å²) in [6.07, 6.45) is 2.63. The smallest absolute Gasteiger partial charge is 0.308 e. The first kappa shape index (κ1) is 18.3. The Kier molecular flexibility index (Phi) is 5.06. The van der Waals surface area contributed by atoms with Gasteiger partial charge in [0.1, 0.15) is 18.0 Å². The third-order valence-electron chi connectivity index (χ3n) is 5.86. The predicted octanol–water partition coefficient (Wildman–Crippen LogP) is 1.98. The molecule has 1 aromatic carbocycles. The zero-order valence-electron chi connectivity index (χ0n) is 15.3. The minimum absolute atomic E-state index is 0.00103. The lowest BCUT2D eigenvalue weighted by molar-refractivity contribution is -0.156. The van der Waals surface area contributed by atoms with E-state index >= 15 is 0 Å². The van der Waals surface area contributed by atoms with Crippen molar-refractivity contribution in [3.05, 3.63) is 23.8 Å². The molecule has 1 aromatic rings. The Labute approximate surface area is 158 Å². The van der Waals surface area contributed by atoms with Crippen LogP contribution in [0.5, 0.6) is 5.75 Å². The molecule has 27 heavy (non-hydrogen) atoms. The van der Waals surface area contributed by atoms with Crippen molar-refractivity contribution in [1.29, 1.82) is 0 Å². The highest BCUT2D eigenvalue weighted by molar-refractivity contribution is 5.93. The molecule has 1 saturated heterocycles. The van der Waals surface area contributed by atoms with E-state index in [1.54, 1.807) is 0 Å². The van der Waals surface area contributed by atoms with Gasteiger partial charge in [-0.1, -0.05) is 6.42 Å². The normalized spacial score (nSPS) is 29.1. The minimum Gasteiger partial charge on any atom is -0.487 e. The van der Waals surface area contributed by atoms with Gasteiger partial charge in [-0.3, -0.25) is 9.59 Å². The molecular weight excluding hydrogens is 350 g/mol. The molecule has 7 heteroatoms. The van der Waals surface area contributed by atoms with Crippen molar-refractivity contribution >= 4 is 17.6 Å². The fraction of sp³-hybridized carbons (Fsp3) is 0.600. The molecule has 7 nitrogen and oxygen atoms in total. The summed E-state index contributed by atoms with van der Waals surface area (Å²) >= 11 is 0. The highest BCUT2D eigenvalue weighted by Gasteiger charge is 2.46. The maximum absolute atomic E-state index is 12.2. The van der Waals surface area contributed by atoms with Crippen LogP contribution in [0.4, 0.5) is 5.69 Å². The first-order valence-corrected chi connectivity index (χ1v) is 9.53. The zero-order chi connectivity index (χ0) is 19.0. The maximum Gasteiger partial charge on any atom is 0.308 e. The summed E-state index contributed by atoms with van der Waals surface area (Å²) < 4.78 is 16.6. The van der Waals surface area contributed by atoms with Crippen LogP contribution >= 0.6 is 0 Å². The van der Waals surface area contributed by atoms with Gasteiger partial charge in [-0.15, -0.1) is 0 Å². The highest BCUT2D eigenvalue weighted by atomic mass is 16.6. The third kappa shape index (κ3) is 3.53. The molecule has 0 aromatic heterocycles. The monoisotopic (exact) mass is 375 g/mol. The van der Waals surface area contributed by atoms with Gasteiger partial charge in [0.2, 0.25) is 5.91 Å². The van der Waals surface area contributed by atoms with E-state index < -0.39 is 6.10 Å². The van der Waals surface area contributed by atoms with E-state index in [0.29, 0.717) is 6.42 Å². The fourth-order valence-corrected chi connectivity index (χ4v) is 4.15. The SMILES string of the molecule is COC(=O)C[C@H]1C[C@@H]2c3cc(NC(=O)C4CCC4)ccc3O[C@@H]2[C@@H](CO)O1. The Morgan fingerprint density at radius 1 is 1.33 bits per heavy atom. The van der Waals surface area contributed by atoms with Gasteiger partial charge in [-0.2, -0.15) is 0 Å². The van der Waals surface area contributed by atoms with Crippen LogP contribution in [-0.2, 0) is 19.1 Å². The van der Waals surface area contributed by atoms with Crippen LogP contribution in [0.2, 0.25) is 0 Å². The predicted molar refractivity (Wildman–Crippen MR) is 96.6 cm³/mol. The maximum atomic E-state index is 12.2. The number of hydrogen-bond donors (Lipinski definition) is 2. The number of aliphatic hydroxyl groups excluding tert-OH is 1. The van der Waals surface area contributed by atoms with Crippen LogP contribution in [0.3, 0.4) is 0 Å². The summed E-state index contributed by atoms with van der Waals surface area (Å²) in [5.74, 6) is 0.596. The Hall–Kier alpha value is -2.12. The highest BCUT2D eigenvalue weighted by Crippen LogP contribution is 2.47. The van der Waals surface area contributed by atoms with E-state index in [2.05, 4.69) is 5.32 Å². The van der Waals surface area contributed by atoms with Crippen molar-refractivity contribution in [2.24, 2.45) is 5.92 Å². The molecule has 4 atom stereocenters. The van der Waals surface area contributed by atoms with Gasteiger partial charge < -0.3 is 24.6 Å². The lowest BCUT2D eigenvalue weighted by atomic mass is 9.83. The number of rotatable bonds is 5. The minimum atomic E-state index is -0.501. The van der Waals surface area contributed by atoms with Crippen LogP contribution in [0, 0.1) is 5.92 Å². The Bertz CT molecular complexity index is 731. The first-order valence-electron chi connectivity index (χ1n) is 9.53.